The van der Waals surface area contributed by atoms with E-state index in [4.69, 9.17) is 24.4 Å². The molecular formula is C46H28N4O. The van der Waals surface area contributed by atoms with E-state index in [-0.39, 0.29) is 0 Å². The van der Waals surface area contributed by atoms with Crippen molar-refractivity contribution in [1.82, 2.24) is 19.9 Å². The quantitative estimate of drug-likeness (QED) is 0.173. The van der Waals surface area contributed by atoms with E-state index in [1.807, 2.05) is 42.5 Å². The van der Waals surface area contributed by atoms with Gasteiger partial charge in [-0.05, 0) is 40.8 Å². The normalized spacial score (nSPS) is 11.5. The lowest BCUT2D eigenvalue weighted by Gasteiger charge is -2.12. The fraction of sp³-hybridized carbons (Fsp3) is 0. The van der Waals surface area contributed by atoms with Crippen LogP contribution in [0, 0.1) is 0 Å². The van der Waals surface area contributed by atoms with Crippen molar-refractivity contribution in [3.05, 3.63) is 170 Å². The molecule has 0 saturated heterocycles. The number of furan rings is 1. The van der Waals surface area contributed by atoms with E-state index in [9.17, 15) is 0 Å². The third-order valence-electron chi connectivity index (χ3n) is 9.50. The first kappa shape index (κ1) is 29.0. The molecule has 10 aromatic rings. The summed E-state index contributed by atoms with van der Waals surface area (Å²) >= 11 is 0. The third kappa shape index (κ3) is 5.03. The molecule has 0 atom stereocenters. The minimum absolute atomic E-state index is 0.572. The third-order valence-corrected chi connectivity index (χ3v) is 9.50. The molecular weight excluding hydrogens is 625 g/mol. The number of rotatable bonds is 5. The summed E-state index contributed by atoms with van der Waals surface area (Å²) in [6.07, 6.45) is 0. The first-order chi connectivity index (χ1) is 25.3. The zero-order valence-electron chi connectivity index (χ0n) is 27.4. The van der Waals surface area contributed by atoms with Gasteiger partial charge in [0.2, 0.25) is 5.71 Å². The monoisotopic (exact) mass is 652 g/mol. The SMILES string of the molecule is c1ccc(-c2nc(-c3cccc(-c4cccc(-c5nc(-c6ccccc6)c6c(n5)oc5ccccc56)c4)c3)nc3c2ccc2ccccc23)cc1. The van der Waals surface area contributed by atoms with Crippen molar-refractivity contribution in [3.8, 4) is 56.4 Å². The van der Waals surface area contributed by atoms with Crippen molar-refractivity contribution < 1.29 is 4.42 Å². The molecule has 0 fully saturated rings. The van der Waals surface area contributed by atoms with Gasteiger partial charge in [0.25, 0.3) is 0 Å². The summed E-state index contributed by atoms with van der Waals surface area (Å²) < 4.78 is 6.29. The second-order valence-corrected chi connectivity index (χ2v) is 12.6. The van der Waals surface area contributed by atoms with Crippen molar-refractivity contribution in [1.29, 1.82) is 0 Å². The van der Waals surface area contributed by atoms with Crippen molar-refractivity contribution in [3.63, 3.8) is 0 Å². The molecule has 0 amide bonds. The van der Waals surface area contributed by atoms with E-state index >= 15 is 0 Å². The molecule has 10 rings (SSSR count). The highest BCUT2D eigenvalue weighted by Crippen LogP contribution is 2.38. The first-order valence-corrected chi connectivity index (χ1v) is 17.0. The van der Waals surface area contributed by atoms with Crippen molar-refractivity contribution >= 4 is 43.7 Å². The van der Waals surface area contributed by atoms with E-state index in [1.54, 1.807) is 0 Å². The minimum Gasteiger partial charge on any atom is -0.438 e. The summed E-state index contributed by atoms with van der Waals surface area (Å²) in [5, 5.41) is 5.21. The van der Waals surface area contributed by atoms with E-state index in [0.717, 1.165) is 82.8 Å². The Hall–Kier alpha value is -6.98. The molecule has 0 aliphatic rings. The second kappa shape index (κ2) is 11.9. The summed E-state index contributed by atoms with van der Waals surface area (Å²) in [5.41, 5.74) is 10.1. The van der Waals surface area contributed by atoms with Gasteiger partial charge in [-0.3, -0.25) is 0 Å². The number of hydrogen-bond donors (Lipinski definition) is 0. The smallest absolute Gasteiger partial charge is 0.231 e. The van der Waals surface area contributed by atoms with Crippen molar-refractivity contribution in [2.75, 3.05) is 0 Å². The van der Waals surface area contributed by atoms with Crippen LogP contribution in [0.1, 0.15) is 0 Å². The lowest BCUT2D eigenvalue weighted by molar-refractivity contribution is 0.653. The lowest BCUT2D eigenvalue weighted by atomic mass is 9.99. The van der Waals surface area contributed by atoms with Gasteiger partial charge in [0.1, 0.15) is 5.58 Å². The number of benzene rings is 7. The molecule has 3 heterocycles. The van der Waals surface area contributed by atoms with Crippen LogP contribution >= 0.6 is 0 Å². The Morgan fingerprint density at radius 1 is 0.353 bits per heavy atom. The highest BCUT2D eigenvalue weighted by Gasteiger charge is 2.19. The Labute approximate surface area is 293 Å². The van der Waals surface area contributed by atoms with E-state index in [2.05, 4.69) is 127 Å². The number of nitrogens with zero attached hydrogens (tertiary/aromatic N) is 4. The largest absolute Gasteiger partial charge is 0.438 e. The summed E-state index contributed by atoms with van der Waals surface area (Å²) in [4.78, 5) is 20.5. The van der Waals surface area contributed by atoms with E-state index in [0.29, 0.717) is 17.4 Å². The predicted octanol–water partition coefficient (Wildman–Crippen LogP) is 11.8. The molecule has 0 spiro atoms. The van der Waals surface area contributed by atoms with Crippen LogP contribution in [0.2, 0.25) is 0 Å². The Morgan fingerprint density at radius 2 is 0.902 bits per heavy atom. The van der Waals surface area contributed by atoms with Crippen LogP contribution in [0.4, 0.5) is 0 Å². The lowest BCUT2D eigenvalue weighted by Crippen LogP contribution is -1.96. The van der Waals surface area contributed by atoms with Gasteiger partial charge in [-0.25, -0.2) is 15.0 Å². The van der Waals surface area contributed by atoms with Gasteiger partial charge < -0.3 is 4.42 Å². The average Bonchev–Trinajstić information content (AvgIpc) is 3.59. The van der Waals surface area contributed by atoms with E-state index < -0.39 is 0 Å². The molecule has 7 aromatic carbocycles. The van der Waals surface area contributed by atoms with Gasteiger partial charge in [0.15, 0.2) is 11.6 Å². The maximum absolute atomic E-state index is 6.29. The van der Waals surface area contributed by atoms with Crippen LogP contribution in [0.3, 0.4) is 0 Å². The topological polar surface area (TPSA) is 64.7 Å². The molecule has 5 nitrogen and oxygen atoms in total. The van der Waals surface area contributed by atoms with Crippen LogP contribution < -0.4 is 0 Å². The maximum Gasteiger partial charge on any atom is 0.231 e. The second-order valence-electron chi connectivity index (χ2n) is 12.6. The number of fused-ring (bicyclic) bond motifs is 6. The standard InChI is InChI=1S/C46H28N4O/c1-3-14-30(15-4-1)41-38-26-25-29-13-7-8-22-36(29)43(38)49-44(47-41)34-20-11-18-32(27-34)33-19-12-21-35(28-33)45-48-42(31-16-5-2-6-17-31)40-37-23-9-10-24-39(37)51-46(40)50-45/h1-28H. The molecule has 0 radical (unpaired) electrons. The average molecular weight is 653 g/mol. The van der Waals surface area contributed by atoms with Gasteiger partial charge in [0, 0.05) is 38.4 Å². The fourth-order valence-electron chi connectivity index (χ4n) is 7.04. The summed E-state index contributed by atoms with van der Waals surface area (Å²) in [7, 11) is 0. The summed E-state index contributed by atoms with van der Waals surface area (Å²) in [5.74, 6) is 1.29. The molecule has 5 heteroatoms. The molecule has 0 bridgehead atoms. The molecule has 238 valence electrons. The van der Waals surface area contributed by atoms with Crippen LogP contribution in [0.15, 0.2) is 174 Å². The Morgan fingerprint density at radius 3 is 1.63 bits per heavy atom. The summed E-state index contributed by atoms with van der Waals surface area (Å²) in [6, 6.07) is 58.1. The molecule has 0 unspecified atom stereocenters. The predicted molar refractivity (Wildman–Crippen MR) is 207 cm³/mol. The van der Waals surface area contributed by atoms with Gasteiger partial charge in [-0.1, -0.05) is 146 Å². The molecule has 0 aliphatic heterocycles. The minimum atomic E-state index is 0.572. The van der Waals surface area contributed by atoms with Crippen LogP contribution in [0.25, 0.3) is 100 Å². The number of para-hydroxylation sites is 1. The van der Waals surface area contributed by atoms with Crippen LogP contribution in [-0.4, -0.2) is 19.9 Å². The van der Waals surface area contributed by atoms with Crippen molar-refractivity contribution in [2.45, 2.75) is 0 Å². The molecule has 0 saturated carbocycles. The highest BCUT2D eigenvalue weighted by atomic mass is 16.3. The van der Waals surface area contributed by atoms with E-state index in [1.165, 1.54) is 0 Å². The number of hydrogen-bond acceptors (Lipinski definition) is 5. The first-order valence-electron chi connectivity index (χ1n) is 17.0. The molecule has 0 aliphatic carbocycles. The fourth-order valence-corrected chi connectivity index (χ4v) is 7.04. The molecule has 3 aromatic heterocycles. The Bertz CT molecular complexity index is 2920. The number of aromatic nitrogens is 4. The zero-order chi connectivity index (χ0) is 33.7. The van der Waals surface area contributed by atoms with Crippen molar-refractivity contribution in [2.24, 2.45) is 0 Å². The van der Waals surface area contributed by atoms with Gasteiger partial charge >= 0.3 is 0 Å². The zero-order valence-corrected chi connectivity index (χ0v) is 27.4. The van der Waals surface area contributed by atoms with Gasteiger partial charge in [-0.15, -0.1) is 0 Å². The van der Waals surface area contributed by atoms with Gasteiger partial charge in [0.05, 0.1) is 22.3 Å². The molecule has 51 heavy (non-hydrogen) atoms. The molecule has 0 N–H and O–H groups in total. The Kier molecular flexibility index (Phi) is 6.74. The van der Waals surface area contributed by atoms with Crippen LogP contribution in [0.5, 0.6) is 0 Å². The van der Waals surface area contributed by atoms with Crippen LogP contribution in [-0.2, 0) is 0 Å². The Balaban J connectivity index is 1.11. The summed E-state index contributed by atoms with van der Waals surface area (Å²) in [6.45, 7) is 0. The van der Waals surface area contributed by atoms with Gasteiger partial charge in [-0.2, -0.15) is 4.98 Å². The highest BCUT2D eigenvalue weighted by molar-refractivity contribution is 6.11. The maximum atomic E-state index is 6.29.